The summed E-state index contributed by atoms with van der Waals surface area (Å²) in [5.41, 5.74) is 3.55. The van der Waals surface area contributed by atoms with E-state index in [0.717, 1.165) is 24.8 Å². The predicted octanol–water partition coefficient (Wildman–Crippen LogP) is 3.79. The van der Waals surface area contributed by atoms with Crippen LogP contribution in [0.2, 0.25) is 0 Å². The molecule has 3 rings (SSSR count). The van der Waals surface area contributed by atoms with Crippen LogP contribution in [0.4, 0.5) is 0 Å². The fourth-order valence-electron chi connectivity index (χ4n) is 2.93. The first-order valence-corrected chi connectivity index (χ1v) is 6.93. The minimum Gasteiger partial charge on any atom is -0.283 e. The van der Waals surface area contributed by atoms with Crippen molar-refractivity contribution in [1.82, 2.24) is 4.57 Å². The monoisotopic (exact) mass is 261 g/mol. The summed E-state index contributed by atoms with van der Waals surface area (Å²) in [5, 5.41) is 0.740. The number of rotatable bonds is 1. The van der Waals surface area contributed by atoms with Crippen LogP contribution in [0.1, 0.15) is 35.8 Å². The maximum absolute atomic E-state index is 12.3. The van der Waals surface area contributed by atoms with E-state index in [4.69, 9.17) is 11.6 Å². The van der Waals surface area contributed by atoms with E-state index in [1.165, 1.54) is 23.1 Å². The lowest BCUT2D eigenvalue weighted by molar-refractivity contribution is 0.0914. The van der Waals surface area contributed by atoms with Gasteiger partial charge in [0.1, 0.15) is 5.38 Å². The van der Waals surface area contributed by atoms with Crippen LogP contribution in [0, 0.1) is 0 Å². The highest BCUT2D eigenvalue weighted by molar-refractivity contribution is 6.31. The quantitative estimate of drug-likeness (QED) is 0.716. The Balaban J connectivity index is 2.32. The van der Waals surface area contributed by atoms with Gasteiger partial charge in [-0.2, -0.15) is 0 Å². The summed E-state index contributed by atoms with van der Waals surface area (Å²) >= 11 is 5.99. The Morgan fingerprint density at radius 1 is 1.28 bits per heavy atom. The molecule has 1 aromatic heterocycles. The van der Waals surface area contributed by atoms with E-state index in [1.54, 1.807) is 6.92 Å². The number of aryl methyl sites for hydroxylation is 1. The van der Waals surface area contributed by atoms with Gasteiger partial charge in [-0.15, -0.1) is 11.6 Å². The van der Waals surface area contributed by atoms with Crippen molar-refractivity contribution in [3.63, 3.8) is 0 Å². The predicted molar refractivity (Wildman–Crippen MR) is 74.5 cm³/mol. The molecular formula is C15H16ClNO. The first-order valence-electron chi connectivity index (χ1n) is 6.49. The van der Waals surface area contributed by atoms with Gasteiger partial charge in [0.05, 0.1) is 5.52 Å². The third-order valence-electron chi connectivity index (χ3n) is 3.74. The zero-order chi connectivity index (χ0) is 12.7. The third-order valence-corrected chi connectivity index (χ3v) is 3.93. The molecule has 0 fully saturated rings. The normalized spacial score (nSPS) is 16.6. The number of para-hydroxylation sites is 1. The lowest BCUT2D eigenvalue weighted by Crippen LogP contribution is -2.22. The van der Waals surface area contributed by atoms with Crippen LogP contribution in [-0.2, 0) is 12.8 Å². The van der Waals surface area contributed by atoms with Gasteiger partial charge in [-0.3, -0.25) is 9.36 Å². The molecular weight excluding hydrogens is 246 g/mol. The average molecular weight is 262 g/mol. The maximum atomic E-state index is 12.3. The van der Waals surface area contributed by atoms with Gasteiger partial charge in [0.25, 0.3) is 0 Å². The number of nitrogens with zero attached hydrogens (tertiary/aromatic N) is 1. The van der Waals surface area contributed by atoms with Crippen LogP contribution in [-0.4, -0.2) is 15.9 Å². The molecule has 18 heavy (non-hydrogen) atoms. The summed E-state index contributed by atoms with van der Waals surface area (Å²) in [6, 6.07) is 8.15. The maximum Gasteiger partial charge on any atom is 0.249 e. The van der Waals surface area contributed by atoms with Crippen molar-refractivity contribution < 1.29 is 4.79 Å². The van der Waals surface area contributed by atoms with Crippen molar-refractivity contribution >= 4 is 28.4 Å². The molecule has 0 amide bonds. The summed E-state index contributed by atoms with van der Waals surface area (Å²) in [6.45, 7) is 1.74. The highest BCUT2D eigenvalue weighted by atomic mass is 35.5. The Morgan fingerprint density at radius 2 is 2.00 bits per heavy atom. The zero-order valence-electron chi connectivity index (χ0n) is 10.4. The lowest BCUT2D eigenvalue weighted by atomic mass is 9.95. The number of halogens is 1. The number of benzene rings is 1. The molecule has 2 nitrogen and oxygen atoms in total. The number of hydrogen-bond acceptors (Lipinski definition) is 1. The Bertz CT molecular complexity index is 612. The van der Waals surface area contributed by atoms with Gasteiger partial charge in [0.2, 0.25) is 5.91 Å². The van der Waals surface area contributed by atoms with Crippen LogP contribution >= 0.6 is 11.6 Å². The molecule has 0 saturated heterocycles. The Morgan fingerprint density at radius 3 is 2.78 bits per heavy atom. The van der Waals surface area contributed by atoms with Crippen LogP contribution in [0.3, 0.4) is 0 Å². The summed E-state index contributed by atoms with van der Waals surface area (Å²) in [5.74, 6) is -0.00369. The second kappa shape index (κ2) is 4.43. The van der Waals surface area contributed by atoms with Crippen molar-refractivity contribution in [3.05, 3.63) is 35.5 Å². The summed E-state index contributed by atoms with van der Waals surface area (Å²) < 4.78 is 1.85. The first kappa shape index (κ1) is 11.8. The molecule has 0 saturated carbocycles. The second-order valence-corrected chi connectivity index (χ2v) is 5.59. The summed E-state index contributed by atoms with van der Waals surface area (Å²) in [4.78, 5) is 12.3. The Hall–Kier alpha value is -1.28. The number of alkyl halides is 1. The topological polar surface area (TPSA) is 22.0 Å². The van der Waals surface area contributed by atoms with Crippen LogP contribution in [0.15, 0.2) is 24.3 Å². The molecule has 1 atom stereocenters. The molecule has 3 heteroatoms. The summed E-state index contributed by atoms with van der Waals surface area (Å²) in [6.07, 6.45) is 4.44. The molecule has 0 bridgehead atoms. The van der Waals surface area contributed by atoms with Gasteiger partial charge in [-0.1, -0.05) is 18.2 Å². The SMILES string of the molecule is CC(Cl)C(=O)n1c2c(c3ccccc31)CCCC2. The minimum absolute atomic E-state index is 0.00369. The fraction of sp³-hybridized carbons (Fsp3) is 0.400. The highest BCUT2D eigenvalue weighted by Gasteiger charge is 2.24. The third kappa shape index (κ3) is 1.67. The van der Waals surface area contributed by atoms with Crippen molar-refractivity contribution in [3.8, 4) is 0 Å². The molecule has 2 aromatic rings. The lowest BCUT2D eigenvalue weighted by Gasteiger charge is -2.15. The van der Waals surface area contributed by atoms with Crippen LogP contribution in [0.25, 0.3) is 10.9 Å². The standard InChI is InChI=1S/C15H16ClNO/c1-10(16)15(18)17-13-8-4-2-6-11(13)12-7-3-5-9-14(12)17/h2,4,6,8,10H,3,5,7,9H2,1H3. The van der Waals surface area contributed by atoms with E-state index in [-0.39, 0.29) is 5.91 Å². The number of hydrogen-bond donors (Lipinski definition) is 0. The minimum atomic E-state index is -0.480. The number of carbonyl (C=O) groups excluding carboxylic acids is 1. The van der Waals surface area contributed by atoms with E-state index in [2.05, 4.69) is 6.07 Å². The van der Waals surface area contributed by atoms with E-state index in [0.29, 0.717) is 0 Å². The van der Waals surface area contributed by atoms with Gasteiger partial charge in [0, 0.05) is 11.1 Å². The van der Waals surface area contributed by atoms with E-state index in [1.807, 2.05) is 22.8 Å². The molecule has 0 aliphatic heterocycles. The van der Waals surface area contributed by atoms with Gasteiger partial charge >= 0.3 is 0 Å². The number of fused-ring (bicyclic) bond motifs is 3. The second-order valence-electron chi connectivity index (χ2n) is 4.94. The van der Waals surface area contributed by atoms with Crippen molar-refractivity contribution in [1.29, 1.82) is 0 Å². The van der Waals surface area contributed by atoms with E-state index >= 15 is 0 Å². The van der Waals surface area contributed by atoms with Crippen molar-refractivity contribution in [2.24, 2.45) is 0 Å². The molecule has 1 aromatic carbocycles. The molecule has 0 N–H and O–H groups in total. The molecule has 1 aliphatic rings. The summed E-state index contributed by atoms with van der Waals surface area (Å²) in [7, 11) is 0. The molecule has 1 unspecified atom stereocenters. The van der Waals surface area contributed by atoms with Crippen LogP contribution < -0.4 is 0 Å². The van der Waals surface area contributed by atoms with Crippen molar-refractivity contribution in [2.45, 2.75) is 38.0 Å². The average Bonchev–Trinajstić information content (AvgIpc) is 2.72. The zero-order valence-corrected chi connectivity index (χ0v) is 11.2. The van der Waals surface area contributed by atoms with E-state index in [9.17, 15) is 4.79 Å². The van der Waals surface area contributed by atoms with Gasteiger partial charge in [0.15, 0.2) is 0 Å². The van der Waals surface area contributed by atoms with Gasteiger partial charge in [-0.05, 0) is 44.2 Å². The van der Waals surface area contributed by atoms with E-state index < -0.39 is 5.38 Å². The van der Waals surface area contributed by atoms with Gasteiger partial charge < -0.3 is 0 Å². The van der Waals surface area contributed by atoms with Crippen LogP contribution in [0.5, 0.6) is 0 Å². The number of carbonyl (C=O) groups is 1. The molecule has 0 radical (unpaired) electrons. The fourth-order valence-corrected chi connectivity index (χ4v) is 3.02. The van der Waals surface area contributed by atoms with Crippen molar-refractivity contribution in [2.75, 3.05) is 0 Å². The highest BCUT2D eigenvalue weighted by Crippen LogP contribution is 2.32. The Labute approximate surface area is 112 Å². The first-order chi connectivity index (χ1) is 8.70. The molecule has 0 spiro atoms. The molecule has 1 heterocycles. The number of aromatic nitrogens is 1. The Kier molecular flexibility index (Phi) is 2.90. The molecule has 1 aliphatic carbocycles. The smallest absolute Gasteiger partial charge is 0.249 e. The van der Waals surface area contributed by atoms with Gasteiger partial charge in [-0.25, -0.2) is 0 Å². The molecule has 94 valence electrons. The largest absolute Gasteiger partial charge is 0.283 e.